The lowest BCUT2D eigenvalue weighted by molar-refractivity contribution is 0.475. The van der Waals surface area contributed by atoms with Gasteiger partial charge in [-0.15, -0.1) is 12.4 Å². The third kappa shape index (κ3) is 3.46. The molecule has 2 nitrogen and oxygen atoms in total. The number of pyridine rings is 1. The van der Waals surface area contributed by atoms with Crippen LogP contribution in [0.3, 0.4) is 0 Å². The lowest BCUT2D eigenvalue weighted by Crippen LogP contribution is -1.90. The van der Waals surface area contributed by atoms with Crippen LogP contribution in [-0.2, 0) is 0 Å². The third-order valence-electron chi connectivity index (χ3n) is 4.00. The molecule has 4 heteroatoms. The molecule has 4 rings (SSSR count). The van der Waals surface area contributed by atoms with E-state index in [0.29, 0.717) is 5.02 Å². The number of aromatic nitrogens is 1. The van der Waals surface area contributed by atoms with Gasteiger partial charge in [0.15, 0.2) is 0 Å². The molecule has 0 amide bonds. The molecule has 4 aromatic rings. The second-order valence-electron chi connectivity index (χ2n) is 5.63. The van der Waals surface area contributed by atoms with Crippen molar-refractivity contribution in [1.29, 1.82) is 0 Å². The smallest absolute Gasteiger partial charge is 0.116 e. The van der Waals surface area contributed by atoms with Crippen molar-refractivity contribution in [2.75, 3.05) is 0 Å². The molecule has 1 heterocycles. The quantitative estimate of drug-likeness (QED) is 0.447. The topological polar surface area (TPSA) is 33.1 Å². The molecule has 0 unspecified atom stereocenters. The minimum absolute atomic E-state index is 0. The minimum Gasteiger partial charge on any atom is -0.508 e. The van der Waals surface area contributed by atoms with E-state index in [2.05, 4.69) is 12.1 Å². The Morgan fingerprint density at radius 1 is 0.760 bits per heavy atom. The molecule has 0 fully saturated rings. The molecule has 0 atom stereocenters. The normalized spacial score (nSPS) is 10.4. The second kappa shape index (κ2) is 7.14. The maximum Gasteiger partial charge on any atom is 0.116 e. The first-order chi connectivity index (χ1) is 11.7. The van der Waals surface area contributed by atoms with Crippen molar-refractivity contribution >= 4 is 34.9 Å². The van der Waals surface area contributed by atoms with Crippen molar-refractivity contribution in [3.05, 3.63) is 83.9 Å². The van der Waals surface area contributed by atoms with Crippen molar-refractivity contribution in [3.63, 3.8) is 0 Å². The average Bonchev–Trinajstić information content (AvgIpc) is 2.61. The summed E-state index contributed by atoms with van der Waals surface area (Å²) in [4.78, 5) is 4.74. The molecule has 0 aliphatic carbocycles. The van der Waals surface area contributed by atoms with Gasteiger partial charge in [-0.05, 0) is 47.5 Å². The predicted octanol–water partition coefficient (Wildman–Crippen LogP) is 6.35. The summed E-state index contributed by atoms with van der Waals surface area (Å²) in [6, 6.07) is 25.1. The van der Waals surface area contributed by atoms with Crippen LogP contribution in [-0.4, -0.2) is 10.1 Å². The summed E-state index contributed by atoms with van der Waals surface area (Å²) in [5, 5.41) is 11.5. The molecule has 0 saturated heterocycles. The number of benzene rings is 3. The molecule has 3 aromatic carbocycles. The van der Waals surface area contributed by atoms with Crippen LogP contribution in [0.25, 0.3) is 33.3 Å². The lowest BCUT2D eigenvalue weighted by atomic mass is 9.98. The second-order valence-corrected chi connectivity index (χ2v) is 6.07. The number of nitrogens with zero attached hydrogens (tertiary/aromatic N) is 1. The summed E-state index contributed by atoms with van der Waals surface area (Å²) < 4.78 is 0. The minimum atomic E-state index is 0. The Hall–Kier alpha value is -2.55. The fourth-order valence-electron chi connectivity index (χ4n) is 2.87. The van der Waals surface area contributed by atoms with Crippen molar-refractivity contribution in [3.8, 4) is 28.1 Å². The molecule has 0 bridgehead atoms. The fourth-order valence-corrected chi connectivity index (χ4v) is 3.04. The molecule has 1 N–H and O–H groups in total. The van der Waals surface area contributed by atoms with Gasteiger partial charge in [0.1, 0.15) is 5.75 Å². The molecular formula is C21H15Cl2NO. The van der Waals surface area contributed by atoms with Crippen molar-refractivity contribution in [2.24, 2.45) is 0 Å². The highest BCUT2D eigenvalue weighted by Gasteiger charge is 2.10. The Morgan fingerprint density at radius 2 is 1.52 bits per heavy atom. The molecular weight excluding hydrogens is 353 g/mol. The maximum atomic E-state index is 9.77. The van der Waals surface area contributed by atoms with E-state index in [-0.39, 0.29) is 18.2 Å². The first-order valence-electron chi connectivity index (χ1n) is 7.66. The lowest BCUT2D eigenvalue weighted by Gasteiger charge is -2.11. The first kappa shape index (κ1) is 17.3. The molecule has 0 saturated carbocycles. The number of aromatic hydroxyl groups is 1. The summed E-state index contributed by atoms with van der Waals surface area (Å²) in [7, 11) is 0. The van der Waals surface area contributed by atoms with Gasteiger partial charge in [-0.1, -0.05) is 54.1 Å². The largest absolute Gasteiger partial charge is 0.508 e. The van der Waals surface area contributed by atoms with Gasteiger partial charge in [0.25, 0.3) is 0 Å². The van der Waals surface area contributed by atoms with Gasteiger partial charge < -0.3 is 5.11 Å². The number of phenols is 1. The molecule has 124 valence electrons. The van der Waals surface area contributed by atoms with Crippen LogP contribution >= 0.6 is 24.0 Å². The Bertz CT molecular complexity index is 1030. The monoisotopic (exact) mass is 367 g/mol. The van der Waals surface area contributed by atoms with Gasteiger partial charge in [0.05, 0.1) is 11.2 Å². The van der Waals surface area contributed by atoms with Gasteiger partial charge in [-0.3, -0.25) is 0 Å². The average molecular weight is 368 g/mol. The Labute approximate surface area is 157 Å². The van der Waals surface area contributed by atoms with Crippen LogP contribution in [0, 0.1) is 0 Å². The zero-order valence-electron chi connectivity index (χ0n) is 13.2. The number of halogens is 2. The Kier molecular flexibility index (Phi) is 4.93. The SMILES string of the molecule is Cl.Oc1cccc(-c2cc(-c3ccccc3)c3cc(Cl)ccc3n2)c1. The van der Waals surface area contributed by atoms with E-state index in [1.54, 1.807) is 12.1 Å². The number of phenolic OH excluding ortho intramolecular Hbond substituents is 1. The molecule has 0 radical (unpaired) electrons. The Balaban J connectivity index is 0.00000182. The van der Waals surface area contributed by atoms with E-state index < -0.39 is 0 Å². The van der Waals surface area contributed by atoms with Crippen LogP contribution in [0.1, 0.15) is 0 Å². The van der Waals surface area contributed by atoms with Gasteiger partial charge >= 0.3 is 0 Å². The van der Waals surface area contributed by atoms with Gasteiger partial charge in [0, 0.05) is 16.0 Å². The number of rotatable bonds is 2. The van der Waals surface area contributed by atoms with Crippen molar-refractivity contribution in [1.82, 2.24) is 4.98 Å². The zero-order chi connectivity index (χ0) is 16.5. The van der Waals surface area contributed by atoms with Crippen LogP contribution in [0.5, 0.6) is 5.75 Å². The van der Waals surface area contributed by atoms with Crippen LogP contribution in [0.15, 0.2) is 78.9 Å². The van der Waals surface area contributed by atoms with E-state index >= 15 is 0 Å². The van der Waals surface area contributed by atoms with Gasteiger partial charge in [-0.25, -0.2) is 4.98 Å². The van der Waals surface area contributed by atoms with Crippen molar-refractivity contribution < 1.29 is 5.11 Å². The Morgan fingerprint density at radius 3 is 2.28 bits per heavy atom. The summed E-state index contributed by atoms with van der Waals surface area (Å²) in [5.74, 6) is 0.228. The van der Waals surface area contributed by atoms with E-state index in [9.17, 15) is 5.11 Å². The number of fused-ring (bicyclic) bond motifs is 1. The van der Waals surface area contributed by atoms with Gasteiger partial charge in [-0.2, -0.15) is 0 Å². The third-order valence-corrected chi connectivity index (χ3v) is 4.23. The molecule has 0 aliphatic rings. The first-order valence-corrected chi connectivity index (χ1v) is 8.04. The standard InChI is InChI=1S/C21H14ClNO.ClH/c22-16-9-10-20-19(12-16)18(14-5-2-1-3-6-14)13-21(23-20)15-7-4-8-17(24)11-15;/h1-13,24H;1H. The molecule has 25 heavy (non-hydrogen) atoms. The van der Waals surface area contributed by atoms with E-state index in [0.717, 1.165) is 33.3 Å². The zero-order valence-corrected chi connectivity index (χ0v) is 14.8. The molecule has 0 spiro atoms. The number of hydrogen-bond acceptors (Lipinski definition) is 2. The van der Waals surface area contributed by atoms with Crippen LogP contribution < -0.4 is 0 Å². The maximum absolute atomic E-state index is 9.77. The highest BCUT2D eigenvalue weighted by molar-refractivity contribution is 6.31. The molecule has 1 aromatic heterocycles. The van der Waals surface area contributed by atoms with E-state index in [4.69, 9.17) is 16.6 Å². The van der Waals surface area contributed by atoms with Crippen LogP contribution in [0.2, 0.25) is 5.02 Å². The van der Waals surface area contributed by atoms with E-state index in [1.807, 2.05) is 54.6 Å². The summed E-state index contributed by atoms with van der Waals surface area (Å²) in [6.45, 7) is 0. The highest BCUT2D eigenvalue weighted by Crippen LogP contribution is 2.34. The summed E-state index contributed by atoms with van der Waals surface area (Å²) in [6.07, 6.45) is 0. The van der Waals surface area contributed by atoms with Crippen molar-refractivity contribution in [2.45, 2.75) is 0 Å². The summed E-state index contributed by atoms with van der Waals surface area (Å²) in [5.41, 5.74) is 4.75. The highest BCUT2D eigenvalue weighted by atomic mass is 35.5. The number of hydrogen-bond donors (Lipinski definition) is 1. The predicted molar refractivity (Wildman–Crippen MR) is 107 cm³/mol. The van der Waals surface area contributed by atoms with Crippen LogP contribution in [0.4, 0.5) is 0 Å². The fraction of sp³-hybridized carbons (Fsp3) is 0. The summed E-state index contributed by atoms with van der Waals surface area (Å²) >= 11 is 6.19. The molecule has 0 aliphatic heterocycles. The van der Waals surface area contributed by atoms with Gasteiger partial charge in [0.2, 0.25) is 0 Å². The van der Waals surface area contributed by atoms with E-state index in [1.165, 1.54) is 0 Å².